The molecule has 56 heavy (non-hydrogen) atoms. The van der Waals surface area contributed by atoms with Crippen LogP contribution < -0.4 is 22.8 Å². The molecule has 0 aliphatic carbocycles. The Hall–Kier alpha value is -5.58. The molecule has 24 heteroatoms. The van der Waals surface area contributed by atoms with Gasteiger partial charge in [-0.3, -0.25) is 18.3 Å². The highest BCUT2D eigenvalue weighted by molar-refractivity contribution is 7.71. The topological polar surface area (TPSA) is 194 Å². The van der Waals surface area contributed by atoms with Crippen LogP contribution in [0.5, 0.6) is 0 Å². The number of aromatic nitrogens is 6. The summed E-state index contributed by atoms with van der Waals surface area (Å²) >= 11 is 22.0. The van der Waals surface area contributed by atoms with Gasteiger partial charge >= 0.3 is 34.7 Å². The van der Waals surface area contributed by atoms with E-state index in [2.05, 4.69) is 19.8 Å². The fraction of sp³-hybridized carbons (Fsp3) is 0.312. The van der Waals surface area contributed by atoms with Crippen LogP contribution in [0, 0.1) is 21.2 Å². The summed E-state index contributed by atoms with van der Waals surface area (Å²) < 4.78 is 43.2. The number of rotatable bonds is 10. The van der Waals surface area contributed by atoms with Crippen LogP contribution in [0.2, 0.25) is 10.0 Å². The van der Waals surface area contributed by atoms with E-state index in [-0.39, 0.29) is 42.1 Å². The third kappa shape index (κ3) is 9.61. The highest BCUT2D eigenvalue weighted by atomic mass is 35.5. The molecular weight excluding hydrogens is 829 g/mol. The molecule has 0 bridgehead atoms. The van der Waals surface area contributed by atoms with E-state index in [0.29, 0.717) is 9.13 Å². The minimum Gasteiger partial charge on any atom is -0.466 e. The predicted octanol–water partition coefficient (Wildman–Crippen LogP) is 2.62. The van der Waals surface area contributed by atoms with Crippen molar-refractivity contribution >= 4 is 72.0 Å². The number of hydrogen-bond donors (Lipinski definition) is 0. The number of carbonyl (C=O) groups is 2. The van der Waals surface area contributed by atoms with E-state index in [1.165, 1.54) is 56.3 Å². The van der Waals surface area contributed by atoms with E-state index < -0.39 is 58.5 Å². The fourth-order valence-electron chi connectivity index (χ4n) is 4.38. The lowest BCUT2D eigenvalue weighted by molar-refractivity contribution is -0.153. The normalized spacial score (nSPS) is 12.2. The molecule has 300 valence electrons. The smallest absolute Gasteiger partial charge is 0.349 e. The summed E-state index contributed by atoms with van der Waals surface area (Å²) in [6.45, 7) is 2.83. The molecule has 2 aromatic heterocycles. The van der Waals surface area contributed by atoms with Gasteiger partial charge in [-0.2, -0.15) is 0 Å². The van der Waals surface area contributed by atoms with Crippen LogP contribution >= 0.6 is 47.6 Å². The first-order valence-electron chi connectivity index (χ1n) is 15.5. The minimum atomic E-state index is -0.978. The van der Waals surface area contributed by atoms with Gasteiger partial charge in [0.1, 0.15) is 11.6 Å². The Morgan fingerprint density at radius 2 is 0.929 bits per heavy atom. The predicted molar refractivity (Wildman–Crippen MR) is 204 cm³/mol. The number of nitrogens with zero attached hydrogens (tertiary/aromatic N) is 8. The molecule has 0 amide bonds. The van der Waals surface area contributed by atoms with Crippen LogP contribution in [-0.4, -0.2) is 78.2 Å². The van der Waals surface area contributed by atoms with Gasteiger partial charge in [0.15, 0.2) is 9.54 Å². The Balaban J connectivity index is 0.000000300. The molecule has 2 atom stereocenters. The number of hydrogen-bond acceptors (Lipinski definition) is 14. The number of esters is 2. The molecule has 4 rings (SSSR count). The molecule has 2 aromatic carbocycles. The second-order valence-electron chi connectivity index (χ2n) is 11.3. The second kappa shape index (κ2) is 18.8. The van der Waals surface area contributed by atoms with Crippen LogP contribution in [0.4, 0.5) is 8.78 Å². The van der Waals surface area contributed by atoms with E-state index in [9.17, 15) is 37.5 Å². The zero-order chi connectivity index (χ0) is 42.3. The van der Waals surface area contributed by atoms with Gasteiger partial charge in [-0.15, -0.1) is 0 Å². The van der Waals surface area contributed by atoms with Crippen molar-refractivity contribution in [1.82, 2.24) is 27.4 Å². The Morgan fingerprint density at radius 1 is 0.643 bits per heavy atom. The van der Waals surface area contributed by atoms with Gasteiger partial charge in [-0.25, -0.2) is 46.7 Å². The number of carbonyl (C=O) groups excluding carboxylic acids is 2. The van der Waals surface area contributed by atoms with Crippen LogP contribution in [0.1, 0.15) is 25.0 Å². The van der Waals surface area contributed by atoms with E-state index in [1.54, 1.807) is 0 Å². The van der Waals surface area contributed by atoms with Gasteiger partial charge in [0.25, 0.3) is 0 Å². The number of oxime groups is 2. The lowest BCUT2D eigenvalue weighted by Crippen LogP contribution is -2.43. The highest BCUT2D eigenvalue weighted by Gasteiger charge is 2.19. The Kier molecular flexibility index (Phi) is 15.1. The Morgan fingerprint density at radius 3 is 1.20 bits per heavy atom. The zero-order valence-electron chi connectivity index (χ0n) is 30.6. The Bertz CT molecular complexity index is 2370. The molecule has 2 heterocycles. The Labute approximate surface area is 334 Å². The first-order valence-corrected chi connectivity index (χ1v) is 17.1. The standard InChI is InChI=1S/2C16H16ClFN4O5S/c2*1-8(13(23)26-4)27-19-7-9-5-12(11(18)6-10(9)17)22-14(24)20(2)16(28)21(3)15(22)25/h2*5-8H,1-4H3/b2*19-7+/t8-;/m1./s1. The van der Waals surface area contributed by atoms with Crippen molar-refractivity contribution in [2.24, 2.45) is 38.5 Å². The van der Waals surface area contributed by atoms with Crippen LogP contribution in [-0.2, 0) is 56.9 Å². The molecule has 0 N–H and O–H groups in total. The lowest BCUT2D eigenvalue weighted by Gasteiger charge is -2.12. The van der Waals surface area contributed by atoms with Crippen molar-refractivity contribution in [2.75, 3.05) is 14.2 Å². The summed E-state index contributed by atoms with van der Waals surface area (Å²) in [5.74, 6) is -3.09. The first kappa shape index (κ1) is 44.8. The largest absolute Gasteiger partial charge is 0.466 e. The third-order valence-corrected chi connectivity index (χ3v) is 9.31. The summed E-state index contributed by atoms with van der Waals surface area (Å²) in [6.07, 6.45) is 0.269. The molecule has 1 unspecified atom stereocenters. The summed E-state index contributed by atoms with van der Waals surface area (Å²) in [4.78, 5) is 82.3. The van der Waals surface area contributed by atoms with E-state index in [0.717, 1.165) is 55.0 Å². The van der Waals surface area contributed by atoms with Crippen molar-refractivity contribution in [1.29, 1.82) is 0 Å². The van der Waals surface area contributed by atoms with Gasteiger partial charge in [-0.1, -0.05) is 33.5 Å². The van der Waals surface area contributed by atoms with Crippen LogP contribution in [0.3, 0.4) is 0 Å². The summed E-state index contributed by atoms with van der Waals surface area (Å²) in [7, 11) is 7.83. The third-order valence-electron chi connectivity index (χ3n) is 7.56. The summed E-state index contributed by atoms with van der Waals surface area (Å²) in [5, 5.41) is 7.11. The molecule has 0 fully saturated rings. The molecule has 18 nitrogen and oxygen atoms in total. The molecule has 0 saturated carbocycles. The van der Waals surface area contributed by atoms with E-state index >= 15 is 0 Å². The van der Waals surface area contributed by atoms with Crippen molar-refractivity contribution in [3.63, 3.8) is 0 Å². The minimum absolute atomic E-state index is 0.0207. The first-order chi connectivity index (χ1) is 26.2. The van der Waals surface area contributed by atoms with Gasteiger partial charge in [0.2, 0.25) is 12.2 Å². The maximum absolute atomic E-state index is 14.5. The van der Waals surface area contributed by atoms with Crippen LogP contribution in [0.15, 0.2) is 53.8 Å². The monoisotopic (exact) mass is 860 g/mol. The SMILES string of the molecule is COC(=O)C(C)O/N=C/c1cc(-n2c(=O)n(C)c(=S)n(C)c2=O)c(F)cc1Cl.COC(=O)[C@@H](C)O/N=C/c1cc(-n2c(=O)n(C)c(=S)n(C)c2=O)c(F)cc1Cl. The van der Waals surface area contributed by atoms with Gasteiger partial charge in [-0.05, 0) is 62.5 Å². The van der Waals surface area contributed by atoms with Gasteiger partial charge < -0.3 is 19.1 Å². The number of halogens is 4. The maximum Gasteiger partial charge on any atom is 0.349 e. The van der Waals surface area contributed by atoms with Gasteiger partial charge in [0, 0.05) is 39.3 Å². The summed E-state index contributed by atoms with van der Waals surface area (Å²) in [5.41, 5.74) is -3.70. The fourth-order valence-corrected chi connectivity index (χ4v) is 5.09. The molecule has 0 saturated heterocycles. The quantitative estimate of drug-likeness (QED) is 0.0982. The average molecular weight is 862 g/mol. The summed E-state index contributed by atoms with van der Waals surface area (Å²) in [6, 6.07) is 4.16. The van der Waals surface area contributed by atoms with Gasteiger partial charge in [0.05, 0.1) is 48.1 Å². The molecule has 0 spiro atoms. The van der Waals surface area contributed by atoms with E-state index in [4.69, 9.17) is 57.3 Å². The van der Waals surface area contributed by atoms with Crippen LogP contribution in [0.25, 0.3) is 11.4 Å². The molecule has 4 aromatic rings. The van der Waals surface area contributed by atoms with Crippen molar-refractivity contribution in [3.8, 4) is 11.4 Å². The molecular formula is C32H32Cl2F2N8O10S2. The highest BCUT2D eigenvalue weighted by Crippen LogP contribution is 2.22. The average Bonchev–Trinajstić information content (AvgIpc) is 3.17. The molecule has 0 radical (unpaired) electrons. The second-order valence-corrected chi connectivity index (χ2v) is 12.8. The lowest BCUT2D eigenvalue weighted by atomic mass is 10.2. The van der Waals surface area contributed by atoms with E-state index in [1.807, 2.05) is 0 Å². The van der Waals surface area contributed by atoms with Crippen molar-refractivity contribution in [3.05, 3.63) is 109 Å². The number of ether oxygens (including phenoxy) is 2. The molecule has 0 aliphatic heterocycles. The number of methoxy groups -OCH3 is 2. The molecule has 0 aliphatic rings. The number of benzene rings is 2. The maximum atomic E-state index is 14.5. The van der Waals surface area contributed by atoms with Crippen molar-refractivity contribution < 1.29 is 37.5 Å². The van der Waals surface area contributed by atoms with Crippen molar-refractivity contribution in [2.45, 2.75) is 26.1 Å². The zero-order valence-corrected chi connectivity index (χ0v) is 33.8.